The topological polar surface area (TPSA) is 76.9 Å². The van der Waals surface area contributed by atoms with Gasteiger partial charge in [0.2, 0.25) is 11.8 Å². The fourth-order valence-corrected chi connectivity index (χ4v) is 3.42. The maximum absolute atomic E-state index is 9.66. The van der Waals surface area contributed by atoms with Crippen LogP contribution in [0.25, 0.3) is 0 Å². The first kappa shape index (κ1) is 16.0. The molecule has 0 fully saturated rings. The van der Waals surface area contributed by atoms with E-state index in [1.165, 1.54) is 0 Å². The van der Waals surface area contributed by atoms with E-state index < -0.39 is 0 Å². The van der Waals surface area contributed by atoms with Gasteiger partial charge in [0.15, 0.2) is 0 Å². The summed E-state index contributed by atoms with van der Waals surface area (Å²) < 4.78 is 7.66. The van der Waals surface area contributed by atoms with Crippen LogP contribution in [0.4, 0.5) is 0 Å². The Hall–Kier alpha value is -3.52. The van der Waals surface area contributed by atoms with E-state index in [9.17, 15) is 5.26 Å². The van der Waals surface area contributed by atoms with E-state index in [1.54, 1.807) is 0 Å². The highest BCUT2D eigenvalue weighted by molar-refractivity contribution is 5.55. The van der Waals surface area contributed by atoms with Crippen molar-refractivity contribution in [1.29, 1.82) is 5.26 Å². The zero-order chi connectivity index (χ0) is 18.1. The van der Waals surface area contributed by atoms with Crippen LogP contribution in [-0.4, -0.2) is 9.78 Å². The monoisotopic (exact) mass is 342 g/mol. The first-order valence-corrected chi connectivity index (χ1v) is 8.42. The number of ether oxygens (including phenoxy) is 1. The molecule has 0 saturated heterocycles. The van der Waals surface area contributed by atoms with Gasteiger partial charge in [-0.1, -0.05) is 60.7 Å². The SMILES string of the molecule is Cc1nn(Cc2ccccc2)c2c1[C@H](c1ccccc1)C(C#N)=C(N)O2. The minimum absolute atomic E-state index is 0.142. The quantitative estimate of drug-likeness (QED) is 0.791. The lowest BCUT2D eigenvalue weighted by molar-refractivity contribution is 0.352. The van der Waals surface area contributed by atoms with Crippen LogP contribution in [0.15, 0.2) is 72.1 Å². The summed E-state index contributed by atoms with van der Waals surface area (Å²) in [5, 5.41) is 14.3. The Bertz CT molecular complexity index is 1010. The lowest BCUT2D eigenvalue weighted by Gasteiger charge is -2.24. The van der Waals surface area contributed by atoms with Crippen LogP contribution in [0, 0.1) is 18.3 Å². The molecule has 0 amide bonds. The Labute approximate surface area is 151 Å². The summed E-state index contributed by atoms with van der Waals surface area (Å²) in [4.78, 5) is 0. The predicted molar refractivity (Wildman–Crippen MR) is 98.2 cm³/mol. The Morgan fingerprint density at radius 3 is 2.42 bits per heavy atom. The summed E-state index contributed by atoms with van der Waals surface area (Å²) in [7, 11) is 0. The maximum Gasteiger partial charge on any atom is 0.224 e. The molecule has 2 N–H and O–H groups in total. The van der Waals surface area contributed by atoms with Gasteiger partial charge in [0.25, 0.3) is 0 Å². The van der Waals surface area contributed by atoms with Crippen LogP contribution in [0.1, 0.15) is 28.3 Å². The molecule has 128 valence electrons. The molecule has 0 spiro atoms. The van der Waals surface area contributed by atoms with Crippen LogP contribution in [0.5, 0.6) is 5.88 Å². The standard InChI is InChI=1S/C21H18N4O/c1-14-18-19(16-10-6-3-7-11-16)17(12-22)20(23)26-21(18)25(24-14)13-15-8-4-2-5-9-15/h2-11,19H,13,23H2,1H3/t19-/m1/s1. The second-order valence-electron chi connectivity index (χ2n) is 6.28. The highest BCUT2D eigenvalue weighted by Gasteiger charge is 2.35. The van der Waals surface area contributed by atoms with Gasteiger partial charge in [-0.15, -0.1) is 0 Å². The number of nitrogens with zero attached hydrogens (tertiary/aromatic N) is 3. The number of aromatic nitrogens is 2. The highest BCUT2D eigenvalue weighted by atomic mass is 16.5. The van der Waals surface area contributed by atoms with Crippen molar-refractivity contribution in [2.75, 3.05) is 0 Å². The van der Waals surface area contributed by atoms with Crippen molar-refractivity contribution in [2.45, 2.75) is 19.4 Å². The van der Waals surface area contributed by atoms with Crippen LogP contribution in [-0.2, 0) is 6.54 Å². The highest BCUT2D eigenvalue weighted by Crippen LogP contribution is 2.43. The van der Waals surface area contributed by atoms with E-state index in [-0.39, 0.29) is 11.8 Å². The summed E-state index contributed by atoms with van der Waals surface area (Å²) >= 11 is 0. The van der Waals surface area contributed by atoms with E-state index in [0.717, 1.165) is 22.4 Å². The van der Waals surface area contributed by atoms with E-state index in [2.05, 4.69) is 11.2 Å². The smallest absolute Gasteiger partial charge is 0.224 e. The summed E-state index contributed by atoms with van der Waals surface area (Å²) in [5.41, 5.74) is 10.4. The minimum Gasteiger partial charge on any atom is -0.422 e. The fraction of sp³-hybridized carbons (Fsp3) is 0.143. The zero-order valence-corrected chi connectivity index (χ0v) is 14.4. The normalized spacial score (nSPS) is 15.9. The van der Waals surface area contributed by atoms with Crippen molar-refractivity contribution < 1.29 is 4.74 Å². The van der Waals surface area contributed by atoms with Crippen molar-refractivity contribution >= 4 is 0 Å². The minimum atomic E-state index is -0.269. The molecular weight excluding hydrogens is 324 g/mol. The van der Waals surface area contributed by atoms with E-state index >= 15 is 0 Å². The van der Waals surface area contributed by atoms with Crippen LogP contribution in [0.2, 0.25) is 0 Å². The van der Waals surface area contributed by atoms with Crippen LogP contribution in [0.3, 0.4) is 0 Å². The van der Waals surface area contributed by atoms with Crippen LogP contribution < -0.4 is 10.5 Å². The third kappa shape index (κ3) is 2.62. The average molecular weight is 342 g/mol. The number of nitriles is 1. The zero-order valence-electron chi connectivity index (χ0n) is 14.4. The number of benzene rings is 2. The van der Waals surface area contributed by atoms with Gasteiger partial charge in [-0.05, 0) is 18.1 Å². The molecule has 0 aliphatic carbocycles. The average Bonchev–Trinajstić information content (AvgIpc) is 2.97. The van der Waals surface area contributed by atoms with E-state index in [0.29, 0.717) is 18.0 Å². The molecule has 2 aromatic carbocycles. The molecular formula is C21H18N4O. The van der Waals surface area contributed by atoms with Gasteiger partial charge in [-0.2, -0.15) is 10.4 Å². The van der Waals surface area contributed by atoms with Gasteiger partial charge in [-0.3, -0.25) is 0 Å². The lowest BCUT2D eigenvalue weighted by atomic mass is 9.84. The summed E-state index contributed by atoms with van der Waals surface area (Å²) in [5.74, 6) is 0.481. The van der Waals surface area contributed by atoms with Crippen molar-refractivity contribution in [3.05, 3.63) is 94.5 Å². The molecule has 26 heavy (non-hydrogen) atoms. The van der Waals surface area contributed by atoms with Gasteiger partial charge in [-0.25, -0.2) is 4.68 Å². The molecule has 4 rings (SSSR count). The number of hydrogen-bond donors (Lipinski definition) is 1. The molecule has 1 aliphatic rings. The predicted octanol–water partition coefficient (Wildman–Crippen LogP) is 3.46. The number of hydrogen-bond acceptors (Lipinski definition) is 4. The number of fused-ring (bicyclic) bond motifs is 1. The van der Waals surface area contributed by atoms with E-state index in [4.69, 9.17) is 10.5 Å². The van der Waals surface area contributed by atoms with Gasteiger partial charge < -0.3 is 10.5 Å². The van der Waals surface area contributed by atoms with E-state index in [1.807, 2.05) is 72.3 Å². The second kappa shape index (κ2) is 6.41. The number of aryl methyl sites for hydroxylation is 1. The number of rotatable bonds is 3. The lowest BCUT2D eigenvalue weighted by Crippen LogP contribution is -2.22. The van der Waals surface area contributed by atoms with Crippen molar-refractivity contribution in [2.24, 2.45) is 5.73 Å². The first-order valence-electron chi connectivity index (χ1n) is 8.42. The van der Waals surface area contributed by atoms with Crippen molar-refractivity contribution in [1.82, 2.24) is 9.78 Å². The molecule has 2 heterocycles. The Morgan fingerprint density at radius 2 is 1.77 bits per heavy atom. The second-order valence-corrected chi connectivity index (χ2v) is 6.28. The molecule has 3 aromatic rings. The first-order chi connectivity index (χ1) is 12.7. The molecule has 1 aromatic heterocycles. The summed E-state index contributed by atoms with van der Waals surface area (Å²) in [6.45, 7) is 2.52. The van der Waals surface area contributed by atoms with Gasteiger partial charge in [0, 0.05) is 0 Å². The molecule has 5 heteroatoms. The number of nitrogens with two attached hydrogens (primary N) is 1. The van der Waals surface area contributed by atoms with Crippen molar-refractivity contribution in [3.8, 4) is 11.9 Å². The fourth-order valence-electron chi connectivity index (χ4n) is 3.42. The van der Waals surface area contributed by atoms with Crippen LogP contribution >= 0.6 is 0 Å². The summed E-state index contributed by atoms with van der Waals surface area (Å²) in [6.07, 6.45) is 0. The number of allylic oxidation sites excluding steroid dienone is 1. The van der Waals surface area contributed by atoms with Crippen molar-refractivity contribution in [3.63, 3.8) is 0 Å². The molecule has 0 bridgehead atoms. The Morgan fingerprint density at radius 1 is 1.12 bits per heavy atom. The maximum atomic E-state index is 9.66. The largest absolute Gasteiger partial charge is 0.422 e. The molecule has 0 radical (unpaired) electrons. The molecule has 0 saturated carbocycles. The van der Waals surface area contributed by atoms with Gasteiger partial charge in [0.05, 0.1) is 23.7 Å². The Balaban J connectivity index is 1.85. The molecule has 1 aliphatic heterocycles. The van der Waals surface area contributed by atoms with Gasteiger partial charge >= 0.3 is 0 Å². The molecule has 1 atom stereocenters. The third-order valence-corrected chi connectivity index (χ3v) is 4.60. The molecule has 5 nitrogen and oxygen atoms in total. The summed E-state index contributed by atoms with van der Waals surface area (Å²) in [6, 6.07) is 22.1. The molecule has 0 unspecified atom stereocenters. The third-order valence-electron chi connectivity index (χ3n) is 4.60. The Kier molecular flexibility index (Phi) is 3.94. The van der Waals surface area contributed by atoms with Gasteiger partial charge in [0.1, 0.15) is 11.6 Å².